The third-order valence-electron chi connectivity index (χ3n) is 3.89. The quantitative estimate of drug-likeness (QED) is 0.546. The number of phenols is 1. The number of aromatic nitrogens is 3. The molecule has 0 bridgehead atoms. The lowest BCUT2D eigenvalue weighted by molar-refractivity contribution is -0.138. The number of phenolic OH excluding ortho intramolecular Hbond substituents is 1. The van der Waals surface area contributed by atoms with Crippen molar-refractivity contribution in [3.8, 4) is 11.4 Å². The zero-order valence-corrected chi connectivity index (χ0v) is 15.2. The summed E-state index contributed by atoms with van der Waals surface area (Å²) in [4.78, 5) is 12.8. The molecular formula is C19H18ClN3O3. The van der Waals surface area contributed by atoms with Crippen LogP contribution >= 0.6 is 11.6 Å². The van der Waals surface area contributed by atoms with Crippen molar-refractivity contribution in [2.45, 2.75) is 20.3 Å². The van der Waals surface area contributed by atoms with E-state index in [0.717, 1.165) is 5.56 Å². The molecule has 0 saturated carbocycles. The molecule has 0 amide bonds. The van der Waals surface area contributed by atoms with Crippen molar-refractivity contribution in [1.82, 2.24) is 15.0 Å². The molecule has 0 aliphatic heterocycles. The molecule has 0 unspecified atom stereocenters. The van der Waals surface area contributed by atoms with Gasteiger partial charge in [-0.3, -0.25) is 0 Å². The number of hydrogen-bond donors (Lipinski definition) is 1. The maximum Gasteiger partial charge on any atom is 0.333 e. The van der Waals surface area contributed by atoms with E-state index in [9.17, 15) is 9.90 Å². The molecule has 0 aliphatic carbocycles. The highest BCUT2D eigenvalue weighted by atomic mass is 35.5. The Kier molecular flexibility index (Phi) is 4.95. The molecule has 2 aromatic carbocycles. The van der Waals surface area contributed by atoms with Crippen LogP contribution in [-0.4, -0.2) is 32.7 Å². The largest absolute Gasteiger partial charge is 0.505 e. The predicted molar refractivity (Wildman–Crippen MR) is 99.8 cm³/mol. The number of halogens is 1. The highest BCUT2D eigenvalue weighted by Gasteiger charge is 2.14. The van der Waals surface area contributed by atoms with Crippen molar-refractivity contribution in [3.05, 3.63) is 58.6 Å². The van der Waals surface area contributed by atoms with Crippen LogP contribution in [0.25, 0.3) is 16.7 Å². The van der Waals surface area contributed by atoms with E-state index in [2.05, 4.69) is 16.8 Å². The lowest BCUT2D eigenvalue weighted by Gasteiger charge is -2.10. The molecule has 1 heterocycles. The molecule has 26 heavy (non-hydrogen) atoms. The average Bonchev–Trinajstić information content (AvgIpc) is 3.03. The first-order valence-electron chi connectivity index (χ1n) is 8.04. The summed E-state index contributed by atoms with van der Waals surface area (Å²) >= 11 is 6.15. The number of carbonyl (C=O) groups excluding carboxylic acids is 1. The van der Waals surface area contributed by atoms with Crippen LogP contribution in [0.2, 0.25) is 5.02 Å². The lowest BCUT2D eigenvalue weighted by atomic mass is 10.1. The third-order valence-corrected chi connectivity index (χ3v) is 4.20. The fraction of sp³-hybridized carbons (Fsp3) is 0.211. The Morgan fingerprint density at radius 2 is 2.12 bits per heavy atom. The van der Waals surface area contributed by atoms with Crippen LogP contribution in [0.5, 0.6) is 5.75 Å². The maximum absolute atomic E-state index is 11.5. The Balaban J connectivity index is 1.91. The van der Waals surface area contributed by atoms with Crippen molar-refractivity contribution in [3.63, 3.8) is 0 Å². The van der Waals surface area contributed by atoms with E-state index in [1.165, 1.54) is 4.80 Å². The monoisotopic (exact) mass is 371 g/mol. The van der Waals surface area contributed by atoms with Crippen molar-refractivity contribution < 1.29 is 14.6 Å². The van der Waals surface area contributed by atoms with Gasteiger partial charge in [-0.2, -0.15) is 0 Å². The second-order valence-corrected chi connectivity index (χ2v) is 6.45. The van der Waals surface area contributed by atoms with Crippen molar-refractivity contribution in [2.24, 2.45) is 0 Å². The van der Waals surface area contributed by atoms with E-state index in [0.29, 0.717) is 39.3 Å². The molecule has 1 aromatic heterocycles. The molecule has 0 aliphatic rings. The first-order chi connectivity index (χ1) is 12.4. The summed E-state index contributed by atoms with van der Waals surface area (Å²) in [6, 6.07) is 8.93. The van der Waals surface area contributed by atoms with Crippen molar-refractivity contribution in [2.75, 3.05) is 6.61 Å². The van der Waals surface area contributed by atoms with Crippen LogP contribution < -0.4 is 0 Å². The number of rotatable bonds is 5. The summed E-state index contributed by atoms with van der Waals surface area (Å²) in [5, 5.41) is 19.7. The number of hydrogen-bond acceptors (Lipinski definition) is 5. The minimum Gasteiger partial charge on any atom is -0.505 e. The van der Waals surface area contributed by atoms with Crippen LogP contribution in [0.4, 0.5) is 0 Å². The molecule has 3 aromatic rings. The van der Waals surface area contributed by atoms with Gasteiger partial charge >= 0.3 is 5.97 Å². The van der Waals surface area contributed by atoms with Gasteiger partial charge in [0.1, 0.15) is 22.5 Å². The molecule has 0 saturated heterocycles. The average molecular weight is 372 g/mol. The SMILES string of the molecule is C=C(C)C(=O)OCCc1cc(C)c(O)c(-n2nc3cccc(Cl)c3n2)c1. The van der Waals surface area contributed by atoms with Crippen LogP contribution in [0.15, 0.2) is 42.5 Å². The number of benzene rings is 2. The van der Waals surface area contributed by atoms with Gasteiger partial charge in [0.15, 0.2) is 0 Å². The number of ether oxygens (including phenoxy) is 1. The molecule has 0 radical (unpaired) electrons. The third kappa shape index (κ3) is 3.55. The minimum atomic E-state index is -0.421. The van der Waals surface area contributed by atoms with E-state index in [1.807, 2.05) is 6.07 Å². The van der Waals surface area contributed by atoms with Crippen molar-refractivity contribution >= 4 is 28.6 Å². The van der Waals surface area contributed by atoms with Crippen molar-refractivity contribution in [1.29, 1.82) is 0 Å². The zero-order valence-electron chi connectivity index (χ0n) is 14.5. The fourth-order valence-corrected chi connectivity index (χ4v) is 2.73. The Hall–Kier alpha value is -2.86. The number of esters is 1. The topological polar surface area (TPSA) is 77.2 Å². The molecule has 0 fully saturated rings. The van der Waals surface area contributed by atoms with Gasteiger partial charge in [0, 0.05) is 12.0 Å². The molecule has 0 spiro atoms. The highest BCUT2D eigenvalue weighted by molar-refractivity contribution is 6.34. The smallest absolute Gasteiger partial charge is 0.333 e. The molecular weight excluding hydrogens is 354 g/mol. The number of aryl methyl sites for hydroxylation is 1. The Bertz CT molecular complexity index is 1010. The summed E-state index contributed by atoms with van der Waals surface area (Å²) in [5.41, 5.74) is 3.56. The van der Waals surface area contributed by atoms with E-state index in [4.69, 9.17) is 16.3 Å². The summed E-state index contributed by atoms with van der Waals surface area (Å²) in [5.74, 6) is -0.334. The summed E-state index contributed by atoms with van der Waals surface area (Å²) in [7, 11) is 0. The van der Waals surface area contributed by atoms with E-state index in [-0.39, 0.29) is 12.4 Å². The van der Waals surface area contributed by atoms with Gasteiger partial charge in [-0.1, -0.05) is 30.3 Å². The normalized spacial score (nSPS) is 10.9. The highest BCUT2D eigenvalue weighted by Crippen LogP contribution is 2.29. The second-order valence-electron chi connectivity index (χ2n) is 6.04. The number of carbonyl (C=O) groups is 1. The maximum atomic E-state index is 11.5. The molecule has 0 atom stereocenters. The zero-order chi connectivity index (χ0) is 18.8. The van der Waals surface area contributed by atoms with E-state index < -0.39 is 5.97 Å². The standard InChI is InChI=1S/C19H18ClN3O3/c1-11(2)19(25)26-8-7-13-9-12(3)18(24)16(10-13)23-21-15-6-4-5-14(20)17(15)22-23/h4-6,9-10,24H,1,7-8H2,2-3H3. The number of aromatic hydroxyl groups is 1. The lowest BCUT2D eigenvalue weighted by Crippen LogP contribution is -2.09. The van der Waals surface area contributed by atoms with Gasteiger partial charge in [-0.25, -0.2) is 4.79 Å². The molecule has 6 nitrogen and oxygen atoms in total. The molecule has 7 heteroatoms. The van der Waals surface area contributed by atoms with E-state index >= 15 is 0 Å². The van der Waals surface area contributed by atoms with E-state index in [1.54, 1.807) is 38.1 Å². The van der Waals surface area contributed by atoms with Gasteiger partial charge in [0.05, 0.1) is 11.6 Å². The predicted octanol–water partition coefficient (Wildman–Crippen LogP) is 3.75. The van der Waals surface area contributed by atoms with Gasteiger partial charge < -0.3 is 9.84 Å². The fourth-order valence-electron chi connectivity index (χ4n) is 2.53. The summed E-state index contributed by atoms with van der Waals surface area (Å²) in [6.07, 6.45) is 0.495. The van der Waals surface area contributed by atoms with Gasteiger partial charge in [-0.05, 0) is 43.2 Å². The van der Waals surface area contributed by atoms with Gasteiger partial charge in [0.25, 0.3) is 0 Å². The Labute approximate surface area is 155 Å². The first-order valence-corrected chi connectivity index (χ1v) is 8.41. The first kappa shape index (κ1) is 17.9. The summed E-state index contributed by atoms with van der Waals surface area (Å²) in [6.45, 7) is 7.16. The molecule has 134 valence electrons. The molecule has 3 rings (SSSR count). The second kappa shape index (κ2) is 7.17. The minimum absolute atomic E-state index is 0.0871. The van der Waals surface area contributed by atoms with Gasteiger partial charge in [0.2, 0.25) is 0 Å². The summed E-state index contributed by atoms with van der Waals surface area (Å²) < 4.78 is 5.13. The Morgan fingerprint density at radius 3 is 2.81 bits per heavy atom. The molecule has 1 N–H and O–H groups in total. The van der Waals surface area contributed by atoms with Gasteiger partial charge in [-0.15, -0.1) is 15.0 Å². The van der Waals surface area contributed by atoms with Crippen LogP contribution in [0, 0.1) is 6.92 Å². The van der Waals surface area contributed by atoms with Crippen LogP contribution in [0.1, 0.15) is 18.1 Å². The number of nitrogens with zero attached hydrogens (tertiary/aromatic N) is 3. The van der Waals surface area contributed by atoms with Crippen LogP contribution in [-0.2, 0) is 16.0 Å². The number of fused-ring (bicyclic) bond motifs is 1. The Morgan fingerprint density at radius 1 is 1.35 bits per heavy atom. The van der Waals surface area contributed by atoms with Crippen LogP contribution in [0.3, 0.4) is 0 Å².